The number of benzene rings is 1. The van der Waals surface area contributed by atoms with Gasteiger partial charge < -0.3 is 10.2 Å². The Morgan fingerprint density at radius 1 is 1.18 bits per heavy atom. The fraction of sp³-hybridized carbons (Fsp3) is 0.526. The lowest BCUT2D eigenvalue weighted by Gasteiger charge is -2.31. The molecule has 0 amide bonds. The van der Waals surface area contributed by atoms with Crippen molar-refractivity contribution in [1.29, 1.82) is 0 Å². The second-order valence-corrected chi connectivity index (χ2v) is 6.29. The molecule has 1 unspecified atom stereocenters. The normalized spacial score (nSPS) is 23.5. The van der Waals surface area contributed by atoms with Gasteiger partial charge >= 0.3 is 0 Å². The van der Waals surface area contributed by atoms with E-state index in [0.29, 0.717) is 6.04 Å². The molecule has 118 valence electrons. The first-order valence-electron chi connectivity index (χ1n) is 8.45. The standard InChI is InChI=1S/C19H26N2O/c1-22-21-19-9-5-8-16-14-17(10-11-18(16)19)20-13-12-15-6-3-2-4-7-15/h2-4,6-7,17,20H,5,8-14H2,1H3. The minimum absolute atomic E-state index is 0.629. The van der Waals surface area contributed by atoms with Gasteiger partial charge in [-0.05, 0) is 62.6 Å². The first-order chi connectivity index (χ1) is 10.9. The highest BCUT2D eigenvalue weighted by molar-refractivity contribution is 6.01. The van der Waals surface area contributed by atoms with Gasteiger partial charge in [0.2, 0.25) is 0 Å². The van der Waals surface area contributed by atoms with Crippen LogP contribution in [0, 0.1) is 0 Å². The molecule has 0 saturated heterocycles. The van der Waals surface area contributed by atoms with Gasteiger partial charge in [0.05, 0.1) is 5.71 Å². The molecule has 1 aromatic carbocycles. The van der Waals surface area contributed by atoms with E-state index in [9.17, 15) is 0 Å². The van der Waals surface area contributed by atoms with E-state index in [1.807, 2.05) is 0 Å². The maximum atomic E-state index is 5.01. The van der Waals surface area contributed by atoms with E-state index < -0.39 is 0 Å². The first-order valence-corrected chi connectivity index (χ1v) is 8.45. The summed E-state index contributed by atoms with van der Waals surface area (Å²) in [4.78, 5) is 5.01. The molecule has 22 heavy (non-hydrogen) atoms. The highest BCUT2D eigenvalue weighted by Gasteiger charge is 2.26. The van der Waals surface area contributed by atoms with Crippen molar-refractivity contribution in [2.45, 2.75) is 51.0 Å². The summed E-state index contributed by atoms with van der Waals surface area (Å²) >= 11 is 0. The minimum Gasteiger partial charge on any atom is -0.399 e. The number of nitrogens with one attached hydrogen (secondary N) is 1. The van der Waals surface area contributed by atoms with Crippen LogP contribution in [0.15, 0.2) is 46.6 Å². The summed E-state index contributed by atoms with van der Waals surface area (Å²) in [5.41, 5.74) is 5.73. The zero-order valence-electron chi connectivity index (χ0n) is 13.5. The van der Waals surface area contributed by atoms with Gasteiger partial charge in [0, 0.05) is 6.04 Å². The largest absolute Gasteiger partial charge is 0.399 e. The van der Waals surface area contributed by atoms with Crippen LogP contribution in [0.5, 0.6) is 0 Å². The Morgan fingerprint density at radius 3 is 2.86 bits per heavy atom. The molecule has 0 spiro atoms. The van der Waals surface area contributed by atoms with E-state index in [1.165, 1.54) is 42.5 Å². The van der Waals surface area contributed by atoms with Crippen molar-refractivity contribution in [3.8, 4) is 0 Å². The van der Waals surface area contributed by atoms with E-state index in [-0.39, 0.29) is 0 Å². The molecule has 0 aromatic heterocycles. The molecule has 1 N–H and O–H groups in total. The lowest BCUT2D eigenvalue weighted by Crippen LogP contribution is -2.35. The van der Waals surface area contributed by atoms with Crippen LogP contribution in [0.25, 0.3) is 0 Å². The molecule has 0 fully saturated rings. The average molecular weight is 298 g/mol. The molecule has 0 bridgehead atoms. The Hall–Kier alpha value is -1.61. The first kappa shape index (κ1) is 15.3. The summed E-state index contributed by atoms with van der Waals surface area (Å²) in [5, 5.41) is 7.98. The third-order valence-electron chi connectivity index (χ3n) is 4.79. The number of hydrogen-bond donors (Lipinski definition) is 1. The molecule has 3 heteroatoms. The quantitative estimate of drug-likeness (QED) is 0.838. The van der Waals surface area contributed by atoms with Crippen molar-refractivity contribution in [3.63, 3.8) is 0 Å². The Kier molecular flexibility index (Phi) is 5.28. The Balaban J connectivity index is 1.53. The number of allylic oxidation sites excluding steroid dienone is 1. The van der Waals surface area contributed by atoms with Crippen LogP contribution < -0.4 is 5.32 Å². The minimum atomic E-state index is 0.629. The van der Waals surface area contributed by atoms with E-state index in [0.717, 1.165) is 25.8 Å². The number of rotatable bonds is 5. The van der Waals surface area contributed by atoms with Crippen molar-refractivity contribution in [3.05, 3.63) is 47.0 Å². The molecule has 3 rings (SSSR count). The smallest absolute Gasteiger partial charge is 0.106 e. The van der Waals surface area contributed by atoms with Gasteiger partial charge in [0.1, 0.15) is 7.11 Å². The SMILES string of the molecule is CON=C1CCCC2=C1CCC(NCCc1ccccc1)C2. The second kappa shape index (κ2) is 7.59. The number of oxime groups is 1. The van der Waals surface area contributed by atoms with Crippen molar-refractivity contribution in [1.82, 2.24) is 5.32 Å². The van der Waals surface area contributed by atoms with Crippen LogP contribution in [-0.4, -0.2) is 25.4 Å². The molecule has 2 aliphatic rings. The summed E-state index contributed by atoms with van der Waals surface area (Å²) in [5.74, 6) is 0. The summed E-state index contributed by atoms with van der Waals surface area (Å²) in [7, 11) is 1.65. The highest BCUT2D eigenvalue weighted by atomic mass is 16.6. The van der Waals surface area contributed by atoms with Crippen molar-refractivity contribution < 1.29 is 4.84 Å². The van der Waals surface area contributed by atoms with Crippen LogP contribution in [0.3, 0.4) is 0 Å². The molecule has 1 aromatic rings. The van der Waals surface area contributed by atoms with Gasteiger partial charge in [0.25, 0.3) is 0 Å². The van der Waals surface area contributed by atoms with Gasteiger partial charge in [-0.1, -0.05) is 41.1 Å². The molecule has 0 aliphatic heterocycles. The third-order valence-corrected chi connectivity index (χ3v) is 4.79. The van der Waals surface area contributed by atoms with Crippen LogP contribution in [0.2, 0.25) is 0 Å². The Bertz CT molecular complexity index is 548. The van der Waals surface area contributed by atoms with Crippen molar-refractivity contribution in [2.75, 3.05) is 13.7 Å². The molecule has 3 nitrogen and oxygen atoms in total. The predicted molar refractivity (Wildman–Crippen MR) is 91.1 cm³/mol. The summed E-state index contributed by atoms with van der Waals surface area (Å²) in [6.07, 6.45) is 8.22. The topological polar surface area (TPSA) is 33.6 Å². The number of nitrogens with zero attached hydrogens (tertiary/aromatic N) is 1. The highest BCUT2D eigenvalue weighted by Crippen LogP contribution is 2.34. The molecule has 0 saturated carbocycles. The lowest BCUT2D eigenvalue weighted by molar-refractivity contribution is 0.212. The lowest BCUT2D eigenvalue weighted by atomic mass is 9.79. The summed E-state index contributed by atoms with van der Waals surface area (Å²) in [6.45, 7) is 1.07. The molecule has 0 radical (unpaired) electrons. The molecule has 0 heterocycles. The monoisotopic (exact) mass is 298 g/mol. The van der Waals surface area contributed by atoms with E-state index >= 15 is 0 Å². The zero-order valence-corrected chi connectivity index (χ0v) is 13.5. The summed E-state index contributed by atoms with van der Waals surface area (Å²) in [6, 6.07) is 11.4. The van der Waals surface area contributed by atoms with Crippen LogP contribution >= 0.6 is 0 Å². The van der Waals surface area contributed by atoms with Gasteiger partial charge in [-0.15, -0.1) is 0 Å². The van der Waals surface area contributed by atoms with Crippen LogP contribution in [-0.2, 0) is 11.3 Å². The molecule has 2 aliphatic carbocycles. The maximum absolute atomic E-state index is 5.01. The molecule has 1 atom stereocenters. The van der Waals surface area contributed by atoms with Gasteiger partial charge in [-0.25, -0.2) is 0 Å². The maximum Gasteiger partial charge on any atom is 0.106 e. The molecular weight excluding hydrogens is 272 g/mol. The number of hydrogen-bond acceptors (Lipinski definition) is 3. The Morgan fingerprint density at radius 2 is 2.05 bits per heavy atom. The fourth-order valence-corrected chi connectivity index (χ4v) is 3.69. The van der Waals surface area contributed by atoms with Gasteiger partial charge in [-0.3, -0.25) is 0 Å². The van der Waals surface area contributed by atoms with Crippen molar-refractivity contribution in [2.24, 2.45) is 5.16 Å². The Labute approximate surface area is 133 Å². The van der Waals surface area contributed by atoms with Crippen LogP contribution in [0.4, 0.5) is 0 Å². The van der Waals surface area contributed by atoms with Crippen molar-refractivity contribution >= 4 is 5.71 Å². The van der Waals surface area contributed by atoms with E-state index in [1.54, 1.807) is 12.7 Å². The van der Waals surface area contributed by atoms with E-state index in [2.05, 4.69) is 40.8 Å². The third kappa shape index (κ3) is 3.77. The summed E-state index contributed by atoms with van der Waals surface area (Å²) < 4.78 is 0. The fourth-order valence-electron chi connectivity index (χ4n) is 3.69. The predicted octanol–water partition coefficient (Wildman–Crippen LogP) is 3.85. The second-order valence-electron chi connectivity index (χ2n) is 6.29. The average Bonchev–Trinajstić information content (AvgIpc) is 2.56. The van der Waals surface area contributed by atoms with E-state index in [4.69, 9.17) is 4.84 Å². The van der Waals surface area contributed by atoms with Gasteiger partial charge in [0.15, 0.2) is 0 Å². The van der Waals surface area contributed by atoms with Gasteiger partial charge in [-0.2, -0.15) is 0 Å². The van der Waals surface area contributed by atoms with Crippen LogP contribution in [0.1, 0.15) is 44.1 Å². The molecular formula is C19H26N2O. The zero-order chi connectivity index (χ0) is 15.2.